The van der Waals surface area contributed by atoms with Crippen molar-refractivity contribution in [2.24, 2.45) is 5.92 Å². The number of hydrogen-bond donors (Lipinski definition) is 1. The number of hydrazine groups is 1. The van der Waals surface area contributed by atoms with Crippen molar-refractivity contribution in [3.8, 4) is 5.75 Å². The van der Waals surface area contributed by atoms with Crippen LogP contribution in [0.3, 0.4) is 0 Å². The van der Waals surface area contributed by atoms with E-state index in [1.54, 1.807) is 7.11 Å². The average molecular weight is 322 g/mol. The average Bonchev–Trinajstić information content (AvgIpc) is 3.25. The molecule has 0 unspecified atom stereocenters. The Hall–Kier alpha value is -2.56. The van der Waals surface area contributed by atoms with Gasteiger partial charge >= 0.3 is 0 Å². The van der Waals surface area contributed by atoms with E-state index in [0.717, 1.165) is 46.0 Å². The molecule has 2 aromatic rings. The smallest absolute Gasteiger partial charge is 0.164 e. The first-order chi connectivity index (χ1) is 11.7. The number of methoxy groups -OCH3 is 1. The number of ether oxygens (including phenoxy) is 1. The first kappa shape index (κ1) is 15.0. The lowest BCUT2D eigenvalue weighted by molar-refractivity contribution is 0.415. The van der Waals surface area contributed by atoms with E-state index in [1.807, 2.05) is 35.5 Å². The molecule has 2 heterocycles. The second-order valence-electron chi connectivity index (χ2n) is 6.49. The van der Waals surface area contributed by atoms with Crippen molar-refractivity contribution in [3.63, 3.8) is 0 Å². The number of benzene rings is 1. The van der Waals surface area contributed by atoms with Crippen LogP contribution in [0, 0.1) is 5.92 Å². The molecule has 1 fully saturated rings. The summed E-state index contributed by atoms with van der Waals surface area (Å²) in [5, 5.41) is 3.72. The number of nitrogens with zero attached hydrogens (tertiary/aromatic N) is 3. The molecule has 0 bridgehead atoms. The second-order valence-corrected chi connectivity index (χ2v) is 6.49. The number of rotatable bonds is 4. The fraction of sp³-hybridized carbons (Fsp3) is 0.368. The van der Waals surface area contributed by atoms with Crippen molar-refractivity contribution in [2.75, 3.05) is 12.1 Å². The Bertz CT molecular complexity index is 841. The van der Waals surface area contributed by atoms with Gasteiger partial charge in [-0.2, -0.15) is 0 Å². The van der Waals surface area contributed by atoms with Crippen LogP contribution in [0.15, 0.2) is 24.3 Å². The predicted molar refractivity (Wildman–Crippen MR) is 95.2 cm³/mol. The van der Waals surface area contributed by atoms with Gasteiger partial charge in [0.25, 0.3) is 0 Å². The molecular weight excluding hydrogens is 300 g/mol. The van der Waals surface area contributed by atoms with E-state index in [9.17, 15) is 0 Å². The molecule has 5 nitrogen and oxygen atoms in total. The number of anilines is 2. The van der Waals surface area contributed by atoms with E-state index in [1.165, 1.54) is 25.7 Å². The predicted octanol–water partition coefficient (Wildman–Crippen LogP) is 2.02. The van der Waals surface area contributed by atoms with Crippen molar-refractivity contribution < 1.29 is 4.74 Å². The molecule has 1 aromatic carbocycles. The molecule has 1 N–H and O–H groups in total. The minimum Gasteiger partial charge on any atom is -0.497 e. The Morgan fingerprint density at radius 2 is 1.96 bits per heavy atom. The Morgan fingerprint density at radius 3 is 2.67 bits per heavy atom. The van der Waals surface area contributed by atoms with Gasteiger partial charge in [-0.25, -0.2) is 15.0 Å². The van der Waals surface area contributed by atoms with Crippen LogP contribution in [-0.4, -0.2) is 17.1 Å². The van der Waals surface area contributed by atoms with Gasteiger partial charge in [-0.1, -0.05) is 32.3 Å². The fourth-order valence-corrected chi connectivity index (χ4v) is 3.55. The van der Waals surface area contributed by atoms with Crippen LogP contribution in [-0.2, 0) is 6.42 Å². The lowest BCUT2D eigenvalue weighted by atomic mass is 10.0. The lowest BCUT2D eigenvalue weighted by Crippen LogP contribution is -2.32. The van der Waals surface area contributed by atoms with E-state index < -0.39 is 0 Å². The van der Waals surface area contributed by atoms with E-state index in [0.29, 0.717) is 0 Å². The van der Waals surface area contributed by atoms with Gasteiger partial charge in [0, 0.05) is 12.6 Å². The highest BCUT2D eigenvalue weighted by atomic mass is 16.5. The van der Waals surface area contributed by atoms with Crippen molar-refractivity contribution in [1.29, 1.82) is 0 Å². The molecule has 2 aliphatic rings. The summed E-state index contributed by atoms with van der Waals surface area (Å²) in [5.74, 6) is 3.34. The minimum absolute atomic E-state index is 0.718. The molecule has 0 atom stereocenters. The molecule has 124 valence electrons. The van der Waals surface area contributed by atoms with Gasteiger partial charge in [-0.15, -0.1) is 0 Å². The molecule has 1 saturated carbocycles. The monoisotopic (exact) mass is 322 g/mol. The molecule has 24 heavy (non-hydrogen) atoms. The Labute approximate surface area is 141 Å². The molecule has 0 amide bonds. The highest BCUT2D eigenvalue weighted by Crippen LogP contribution is 2.28. The summed E-state index contributed by atoms with van der Waals surface area (Å²) in [6.07, 6.45) is 8.12. The van der Waals surface area contributed by atoms with Crippen molar-refractivity contribution in [1.82, 2.24) is 15.4 Å². The van der Waals surface area contributed by atoms with Gasteiger partial charge < -0.3 is 4.74 Å². The molecule has 0 saturated heterocycles. The maximum absolute atomic E-state index is 5.23. The van der Waals surface area contributed by atoms with Crippen LogP contribution >= 0.6 is 0 Å². The molecule has 1 aliphatic heterocycles. The lowest BCUT2D eigenvalue weighted by Gasteiger charge is -2.20. The summed E-state index contributed by atoms with van der Waals surface area (Å²) in [7, 11) is 1.67. The zero-order valence-electron chi connectivity index (χ0n) is 14.0. The number of fused-ring (bicyclic) bond motifs is 1. The Kier molecular flexibility index (Phi) is 3.84. The van der Waals surface area contributed by atoms with Crippen LogP contribution in [0.4, 0.5) is 11.5 Å². The van der Waals surface area contributed by atoms with Gasteiger partial charge in [0.1, 0.15) is 11.6 Å². The van der Waals surface area contributed by atoms with Crippen LogP contribution in [0.2, 0.25) is 0 Å². The van der Waals surface area contributed by atoms with Gasteiger partial charge in [0.15, 0.2) is 5.82 Å². The van der Waals surface area contributed by atoms with Gasteiger partial charge in [0.2, 0.25) is 0 Å². The summed E-state index contributed by atoms with van der Waals surface area (Å²) in [6.45, 7) is 4.11. The number of hydrogen-bond acceptors (Lipinski definition) is 5. The zero-order valence-corrected chi connectivity index (χ0v) is 14.0. The van der Waals surface area contributed by atoms with Crippen LogP contribution in [0.25, 0.3) is 12.8 Å². The summed E-state index contributed by atoms with van der Waals surface area (Å²) in [6, 6.07) is 7.91. The first-order valence-corrected chi connectivity index (χ1v) is 8.51. The highest BCUT2D eigenvalue weighted by Gasteiger charge is 2.21. The standard InChI is InChI=1S/C19H22N4O/c1-13-17-12-20-23(15-7-9-16(24-2)10-8-15)19(17)22-18(21-13)11-14-5-3-4-6-14/h7-10,12,14,20H,1,3-6,11H2,2H3. The normalized spacial score (nSPS) is 16.6. The number of nitrogens with one attached hydrogen (secondary N) is 1. The van der Waals surface area contributed by atoms with Crippen LogP contribution in [0.1, 0.15) is 31.5 Å². The zero-order chi connectivity index (χ0) is 16.5. The molecule has 4 rings (SSSR count). The quantitative estimate of drug-likeness (QED) is 0.933. The van der Waals surface area contributed by atoms with Gasteiger partial charge in [0.05, 0.1) is 23.4 Å². The topological polar surface area (TPSA) is 50.3 Å². The van der Waals surface area contributed by atoms with E-state index in [-0.39, 0.29) is 0 Å². The van der Waals surface area contributed by atoms with Crippen LogP contribution < -0.4 is 25.7 Å². The highest BCUT2D eigenvalue weighted by molar-refractivity contribution is 5.65. The Morgan fingerprint density at radius 1 is 1.21 bits per heavy atom. The van der Waals surface area contributed by atoms with Crippen molar-refractivity contribution in [3.05, 3.63) is 40.7 Å². The van der Waals surface area contributed by atoms with Crippen LogP contribution in [0.5, 0.6) is 5.75 Å². The third kappa shape index (κ3) is 2.70. The molecule has 5 heteroatoms. The second kappa shape index (κ2) is 6.15. The maximum atomic E-state index is 5.23. The van der Waals surface area contributed by atoms with E-state index >= 15 is 0 Å². The van der Waals surface area contributed by atoms with Gasteiger partial charge in [-0.05, 0) is 30.2 Å². The summed E-state index contributed by atoms with van der Waals surface area (Å²) in [5.41, 5.74) is 4.27. The Balaban J connectivity index is 1.66. The maximum Gasteiger partial charge on any atom is 0.164 e. The fourth-order valence-electron chi connectivity index (χ4n) is 3.55. The van der Waals surface area contributed by atoms with E-state index in [4.69, 9.17) is 9.72 Å². The molecular formula is C19H22N4O. The van der Waals surface area contributed by atoms with Crippen molar-refractivity contribution >= 4 is 24.3 Å². The molecule has 0 radical (unpaired) electrons. The first-order valence-electron chi connectivity index (χ1n) is 8.51. The third-order valence-electron chi connectivity index (χ3n) is 4.88. The molecule has 0 spiro atoms. The number of aromatic nitrogens is 2. The third-order valence-corrected chi connectivity index (χ3v) is 4.88. The summed E-state index contributed by atoms with van der Waals surface area (Å²) < 4.78 is 5.23. The molecule has 1 aromatic heterocycles. The largest absolute Gasteiger partial charge is 0.497 e. The van der Waals surface area contributed by atoms with Crippen molar-refractivity contribution in [2.45, 2.75) is 32.1 Å². The van der Waals surface area contributed by atoms with Gasteiger partial charge in [-0.3, -0.25) is 5.43 Å². The molecule has 1 aliphatic carbocycles. The minimum atomic E-state index is 0.718. The SMILES string of the molecule is C=c1nc(CC2CCCC2)nc2c1=CNN2c1ccc(OC)cc1. The summed E-state index contributed by atoms with van der Waals surface area (Å²) >= 11 is 0. The van der Waals surface area contributed by atoms with E-state index in [2.05, 4.69) is 17.0 Å². The summed E-state index contributed by atoms with van der Waals surface area (Å²) in [4.78, 5) is 9.45.